The first-order valence-corrected chi connectivity index (χ1v) is 4.53. The number of ether oxygens (including phenoxy) is 1. The van der Waals surface area contributed by atoms with Gasteiger partial charge in [-0.3, -0.25) is 0 Å². The van der Waals surface area contributed by atoms with Crippen molar-refractivity contribution < 1.29 is 9.84 Å². The molecule has 0 radical (unpaired) electrons. The van der Waals surface area contributed by atoms with Gasteiger partial charge >= 0.3 is 0 Å². The molecule has 0 bridgehead atoms. The van der Waals surface area contributed by atoms with Gasteiger partial charge in [-0.2, -0.15) is 0 Å². The predicted molar refractivity (Wildman–Crippen MR) is 50.2 cm³/mol. The summed E-state index contributed by atoms with van der Waals surface area (Å²) in [7, 11) is 1.71. The van der Waals surface area contributed by atoms with Gasteiger partial charge in [0.2, 0.25) is 0 Å². The molecule has 0 aromatic rings. The van der Waals surface area contributed by atoms with Crippen molar-refractivity contribution in [3.05, 3.63) is 0 Å². The molecular formula is C9H21NO2. The van der Waals surface area contributed by atoms with Crippen LogP contribution in [-0.2, 0) is 4.74 Å². The Morgan fingerprint density at radius 2 is 2.08 bits per heavy atom. The van der Waals surface area contributed by atoms with Gasteiger partial charge in [0.25, 0.3) is 0 Å². The first-order valence-electron chi connectivity index (χ1n) is 4.53. The number of methoxy groups -OCH3 is 1. The summed E-state index contributed by atoms with van der Waals surface area (Å²) in [6, 6.07) is 0.471. The van der Waals surface area contributed by atoms with Crippen LogP contribution in [-0.4, -0.2) is 38.0 Å². The van der Waals surface area contributed by atoms with Crippen LogP contribution >= 0.6 is 0 Å². The molecule has 0 fully saturated rings. The molecule has 0 aromatic carbocycles. The fourth-order valence-corrected chi connectivity index (χ4v) is 0.864. The number of rotatable bonds is 7. The van der Waals surface area contributed by atoms with Crippen LogP contribution in [0.1, 0.15) is 20.3 Å². The Morgan fingerprint density at radius 1 is 1.42 bits per heavy atom. The van der Waals surface area contributed by atoms with Crippen LogP contribution in [0.2, 0.25) is 0 Å². The predicted octanol–water partition coefficient (Wildman–Crippen LogP) is 0.629. The van der Waals surface area contributed by atoms with Gasteiger partial charge in [0, 0.05) is 32.9 Å². The van der Waals surface area contributed by atoms with E-state index in [-0.39, 0.29) is 6.61 Å². The topological polar surface area (TPSA) is 41.5 Å². The summed E-state index contributed by atoms with van der Waals surface area (Å²) >= 11 is 0. The second-order valence-electron chi connectivity index (χ2n) is 3.38. The van der Waals surface area contributed by atoms with Crippen LogP contribution in [0.5, 0.6) is 0 Å². The zero-order valence-corrected chi connectivity index (χ0v) is 8.34. The third kappa shape index (κ3) is 6.58. The van der Waals surface area contributed by atoms with E-state index in [1.807, 2.05) is 6.92 Å². The molecule has 12 heavy (non-hydrogen) atoms. The van der Waals surface area contributed by atoms with Gasteiger partial charge in [-0.25, -0.2) is 0 Å². The largest absolute Gasteiger partial charge is 0.396 e. The van der Waals surface area contributed by atoms with Crippen LogP contribution in [0.3, 0.4) is 0 Å². The molecule has 2 N–H and O–H groups in total. The van der Waals surface area contributed by atoms with Crippen molar-refractivity contribution in [1.29, 1.82) is 0 Å². The maximum atomic E-state index is 8.76. The summed E-state index contributed by atoms with van der Waals surface area (Å²) in [4.78, 5) is 0. The number of nitrogens with one attached hydrogen (secondary N) is 1. The lowest BCUT2D eigenvalue weighted by atomic mass is 10.1. The van der Waals surface area contributed by atoms with Gasteiger partial charge in [-0.05, 0) is 19.3 Å². The van der Waals surface area contributed by atoms with Crippen molar-refractivity contribution >= 4 is 0 Å². The Balaban J connectivity index is 3.24. The minimum absolute atomic E-state index is 0.254. The molecule has 3 heteroatoms. The molecule has 2 unspecified atom stereocenters. The minimum Gasteiger partial charge on any atom is -0.396 e. The van der Waals surface area contributed by atoms with Crippen molar-refractivity contribution in [2.24, 2.45) is 5.92 Å². The van der Waals surface area contributed by atoms with E-state index < -0.39 is 0 Å². The number of hydrogen-bond donors (Lipinski definition) is 2. The Morgan fingerprint density at radius 3 is 2.58 bits per heavy atom. The van der Waals surface area contributed by atoms with Gasteiger partial charge in [0.05, 0.1) is 0 Å². The fourth-order valence-electron chi connectivity index (χ4n) is 0.864. The van der Waals surface area contributed by atoms with Gasteiger partial charge in [0.1, 0.15) is 0 Å². The van der Waals surface area contributed by atoms with E-state index in [1.165, 1.54) is 0 Å². The van der Waals surface area contributed by atoms with Crippen molar-refractivity contribution in [3.63, 3.8) is 0 Å². The Kier molecular flexibility index (Phi) is 7.45. The van der Waals surface area contributed by atoms with Crippen molar-refractivity contribution in [1.82, 2.24) is 5.32 Å². The molecule has 74 valence electrons. The monoisotopic (exact) mass is 175 g/mol. The third-order valence-corrected chi connectivity index (χ3v) is 1.88. The van der Waals surface area contributed by atoms with Crippen molar-refractivity contribution in [2.45, 2.75) is 26.3 Å². The summed E-state index contributed by atoms with van der Waals surface area (Å²) in [5, 5.41) is 12.1. The minimum atomic E-state index is 0.254. The first-order chi connectivity index (χ1) is 5.70. The summed E-state index contributed by atoms with van der Waals surface area (Å²) in [5.41, 5.74) is 0. The highest BCUT2D eigenvalue weighted by Gasteiger charge is 2.03. The van der Waals surface area contributed by atoms with Crippen LogP contribution in [0, 0.1) is 5.92 Å². The average Bonchev–Trinajstić information content (AvgIpc) is 2.10. The van der Waals surface area contributed by atoms with Gasteiger partial charge < -0.3 is 15.2 Å². The fraction of sp³-hybridized carbons (Fsp3) is 1.00. The summed E-state index contributed by atoms with van der Waals surface area (Å²) in [6.45, 7) is 6.08. The van der Waals surface area contributed by atoms with Crippen molar-refractivity contribution in [3.8, 4) is 0 Å². The van der Waals surface area contributed by atoms with Gasteiger partial charge in [-0.1, -0.05) is 6.92 Å². The van der Waals surface area contributed by atoms with Gasteiger partial charge in [-0.15, -0.1) is 0 Å². The molecule has 0 aliphatic rings. The Bertz CT molecular complexity index is 98.5. The number of aliphatic hydroxyl groups excluding tert-OH is 1. The molecule has 0 saturated heterocycles. The maximum absolute atomic E-state index is 8.76. The molecule has 2 atom stereocenters. The molecule has 3 nitrogen and oxygen atoms in total. The first kappa shape index (κ1) is 11.9. The smallest absolute Gasteiger partial charge is 0.0476 e. The summed E-state index contributed by atoms with van der Waals surface area (Å²) in [5.74, 6) is 0.343. The average molecular weight is 175 g/mol. The molecule has 0 aromatic heterocycles. The van der Waals surface area contributed by atoms with E-state index in [0.29, 0.717) is 12.0 Å². The van der Waals surface area contributed by atoms with Crippen LogP contribution in [0.25, 0.3) is 0 Å². The highest BCUT2D eigenvalue weighted by molar-refractivity contribution is 4.62. The van der Waals surface area contributed by atoms with Gasteiger partial charge in [0.15, 0.2) is 0 Å². The van der Waals surface area contributed by atoms with Crippen LogP contribution < -0.4 is 5.32 Å². The number of aliphatic hydroxyl groups is 1. The summed E-state index contributed by atoms with van der Waals surface area (Å²) in [6.07, 6.45) is 1.02. The quantitative estimate of drug-likeness (QED) is 0.596. The summed E-state index contributed by atoms with van der Waals surface area (Å²) < 4.78 is 4.96. The van der Waals surface area contributed by atoms with E-state index in [2.05, 4.69) is 12.2 Å². The standard InChI is InChI=1S/C9H21NO2/c1-8(7-11)6-10-9(2)4-5-12-3/h8-11H,4-7H2,1-3H3. The van der Waals surface area contributed by atoms with Crippen LogP contribution in [0.4, 0.5) is 0 Å². The Labute approximate surface area is 75.1 Å². The molecule has 0 aliphatic heterocycles. The highest BCUT2D eigenvalue weighted by atomic mass is 16.5. The zero-order valence-electron chi connectivity index (χ0n) is 8.34. The molecular weight excluding hydrogens is 154 g/mol. The molecule has 0 rings (SSSR count). The molecule has 0 saturated carbocycles. The van der Waals surface area contributed by atoms with E-state index in [1.54, 1.807) is 7.11 Å². The van der Waals surface area contributed by atoms with Crippen LogP contribution in [0.15, 0.2) is 0 Å². The van der Waals surface area contributed by atoms with E-state index in [0.717, 1.165) is 19.6 Å². The van der Waals surface area contributed by atoms with E-state index >= 15 is 0 Å². The highest BCUT2D eigenvalue weighted by Crippen LogP contribution is 1.94. The second kappa shape index (κ2) is 7.53. The molecule has 0 spiro atoms. The lowest BCUT2D eigenvalue weighted by Crippen LogP contribution is -2.32. The normalized spacial score (nSPS) is 16.0. The number of hydrogen-bond acceptors (Lipinski definition) is 3. The van der Waals surface area contributed by atoms with E-state index in [4.69, 9.17) is 9.84 Å². The molecule has 0 heterocycles. The third-order valence-electron chi connectivity index (χ3n) is 1.88. The van der Waals surface area contributed by atoms with Crippen molar-refractivity contribution in [2.75, 3.05) is 26.9 Å². The molecule has 0 aliphatic carbocycles. The second-order valence-corrected chi connectivity index (χ2v) is 3.38. The van der Waals surface area contributed by atoms with E-state index in [9.17, 15) is 0 Å². The lowest BCUT2D eigenvalue weighted by Gasteiger charge is -2.15. The molecule has 0 amide bonds. The zero-order chi connectivity index (χ0) is 9.40. The Hall–Kier alpha value is -0.120. The lowest BCUT2D eigenvalue weighted by molar-refractivity contribution is 0.181. The SMILES string of the molecule is COCCC(C)NCC(C)CO. The maximum Gasteiger partial charge on any atom is 0.0476 e.